The summed E-state index contributed by atoms with van der Waals surface area (Å²) in [5, 5.41) is 3.52. The van der Waals surface area contributed by atoms with Gasteiger partial charge in [0.1, 0.15) is 0 Å². The summed E-state index contributed by atoms with van der Waals surface area (Å²) < 4.78 is 0. The third-order valence-corrected chi connectivity index (χ3v) is 3.13. The fourth-order valence-corrected chi connectivity index (χ4v) is 1.53. The van der Waals surface area contributed by atoms with Crippen LogP contribution in [-0.2, 0) is 0 Å². The first-order chi connectivity index (χ1) is 6.91. The monoisotopic (exact) mass is 209 g/mol. The van der Waals surface area contributed by atoms with E-state index >= 15 is 0 Å². The maximum absolute atomic E-state index is 3.52. The SMILES string of the molecule is CC#CCC(CC(C)C(C)(C)C)NCC. The molecule has 0 saturated carbocycles. The molecule has 0 aliphatic rings. The lowest BCUT2D eigenvalue weighted by Gasteiger charge is -2.30. The van der Waals surface area contributed by atoms with Gasteiger partial charge in [0.2, 0.25) is 0 Å². The molecule has 1 heteroatoms. The Balaban J connectivity index is 4.19. The maximum atomic E-state index is 3.52. The molecule has 0 aromatic carbocycles. The minimum absolute atomic E-state index is 0.396. The van der Waals surface area contributed by atoms with Gasteiger partial charge in [-0.15, -0.1) is 11.8 Å². The van der Waals surface area contributed by atoms with E-state index in [4.69, 9.17) is 0 Å². The van der Waals surface area contributed by atoms with E-state index in [1.807, 2.05) is 6.92 Å². The highest BCUT2D eigenvalue weighted by molar-refractivity contribution is 4.98. The summed E-state index contributed by atoms with van der Waals surface area (Å²) in [6.45, 7) is 14.4. The predicted molar refractivity (Wildman–Crippen MR) is 68.8 cm³/mol. The van der Waals surface area contributed by atoms with Crippen LogP contribution in [0, 0.1) is 23.2 Å². The van der Waals surface area contributed by atoms with Crippen molar-refractivity contribution >= 4 is 0 Å². The highest BCUT2D eigenvalue weighted by Gasteiger charge is 2.22. The molecular formula is C14H27N. The van der Waals surface area contributed by atoms with Gasteiger partial charge < -0.3 is 5.32 Å². The summed E-state index contributed by atoms with van der Waals surface area (Å²) in [6, 6.07) is 0.552. The Labute approximate surface area is 96.0 Å². The van der Waals surface area contributed by atoms with Crippen LogP contribution in [0.1, 0.15) is 54.4 Å². The van der Waals surface area contributed by atoms with E-state index < -0.39 is 0 Å². The first kappa shape index (κ1) is 14.5. The van der Waals surface area contributed by atoms with Crippen molar-refractivity contribution in [3.63, 3.8) is 0 Å². The quantitative estimate of drug-likeness (QED) is 0.684. The zero-order valence-electron chi connectivity index (χ0n) is 11.3. The molecule has 0 bridgehead atoms. The van der Waals surface area contributed by atoms with Crippen LogP contribution in [0.4, 0.5) is 0 Å². The molecule has 0 aliphatic carbocycles. The third kappa shape index (κ3) is 6.57. The van der Waals surface area contributed by atoms with Gasteiger partial charge in [-0.1, -0.05) is 34.6 Å². The molecule has 0 heterocycles. The van der Waals surface area contributed by atoms with E-state index in [1.165, 1.54) is 6.42 Å². The first-order valence-electron chi connectivity index (χ1n) is 6.04. The molecule has 0 radical (unpaired) electrons. The molecule has 0 saturated heterocycles. The van der Waals surface area contributed by atoms with E-state index in [-0.39, 0.29) is 0 Å². The molecule has 1 nitrogen and oxygen atoms in total. The second-order valence-electron chi connectivity index (χ2n) is 5.39. The van der Waals surface area contributed by atoms with E-state index in [0.717, 1.165) is 18.9 Å². The predicted octanol–water partition coefficient (Wildman–Crippen LogP) is 3.45. The summed E-state index contributed by atoms with van der Waals surface area (Å²) in [4.78, 5) is 0. The molecule has 0 aromatic rings. The minimum Gasteiger partial charge on any atom is -0.313 e. The number of hydrogen-bond acceptors (Lipinski definition) is 1. The minimum atomic E-state index is 0.396. The molecule has 15 heavy (non-hydrogen) atoms. The second kappa shape index (κ2) is 6.90. The van der Waals surface area contributed by atoms with Crippen LogP contribution < -0.4 is 5.32 Å². The Morgan fingerprint density at radius 2 is 1.87 bits per heavy atom. The topological polar surface area (TPSA) is 12.0 Å². The third-order valence-electron chi connectivity index (χ3n) is 3.13. The summed E-state index contributed by atoms with van der Waals surface area (Å²) in [5.74, 6) is 6.88. The van der Waals surface area contributed by atoms with Crippen molar-refractivity contribution in [3.8, 4) is 11.8 Å². The number of hydrogen-bond donors (Lipinski definition) is 1. The van der Waals surface area contributed by atoms with Crippen molar-refractivity contribution in [2.45, 2.75) is 60.4 Å². The molecule has 2 atom stereocenters. The molecule has 2 unspecified atom stereocenters. The van der Waals surface area contributed by atoms with Crippen molar-refractivity contribution in [1.82, 2.24) is 5.32 Å². The first-order valence-corrected chi connectivity index (χ1v) is 6.04. The van der Waals surface area contributed by atoms with Crippen LogP contribution in [0.25, 0.3) is 0 Å². The fourth-order valence-electron chi connectivity index (χ4n) is 1.53. The van der Waals surface area contributed by atoms with Crippen molar-refractivity contribution in [2.24, 2.45) is 11.3 Å². The second-order valence-corrected chi connectivity index (χ2v) is 5.39. The van der Waals surface area contributed by atoms with E-state index in [2.05, 4.69) is 51.8 Å². The molecule has 0 aliphatic heterocycles. The summed E-state index contributed by atoms with van der Waals surface area (Å²) in [6.07, 6.45) is 2.19. The van der Waals surface area contributed by atoms with Crippen LogP contribution in [0.15, 0.2) is 0 Å². The molecule has 0 amide bonds. The lowest BCUT2D eigenvalue weighted by Crippen LogP contribution is -2.33. The largest absolute Gasteiger partial charge is 0.313 e. The Kier molecular flexibility index (Phi) is 6.68. The summed E-state index contributed by atoms with van der Waals surface area (Å²) in [7, 11) is 0. The zero-order chi connectivity index (χ0) is 11.9. The summed E-state index contributed by atoms with van der Waals surface area (Å²) >= 11 is 0. The van der Waals surface area contributed by atoms with Crippen molar-refractivity contribution < 1.29 is 0 Å². The van der Waals surface area contributed by atoms with Crippen molar-refractivity contribution in [1.29, 1.82) is 0 Å². The smallest absolute Gasteiger partial charge is 0.0243 e. The molecule has 0 spiro atoms. The fraction of sp³-hybridized carbons (Fsp3) is 0.857. The van der Waals surface area contributed by atoms with Crippen LogP contribution >= 0.6 is 0 Å². The normalized spacial score (nSPS) is 15.3. The van der Waals surface area contributed by atoms with Crippen molar-refractivity contribution in [3.05, 3.63) is 0 Å². The molecule has 0 fully saturated rings. The molecule has 0 rings (SSSR count). The number of rotatable bonds is 5. The van der Waals surface area contributed by atoms with Crippen LogP contribution in [-0.4, -0.2) is 12.6 Å². The highest BCUT2D eigenvalue weighted by Crippen LogP contribution is 2.29. The van der Waals surface area contributed by atoms with Gasteiger partial charge in [0.15, 0.2) is 0 Å². The van der Waals surface area contributed by atoms with Gasteiger partial charge >= 0.3 is 0 Å². The van der Waals surface area contributed by atoms with Gasteiger partial charge in [-0.3, -0.25) is 0 Å². The standard InChI is InChI=1S/C14H27N/c1-7-9-10-13(15-8-2)11-12(3)14(4,5)6/h12-13,15H,8,10-11H2,1-6H3. The van der Waals surface area contributed by atoms with E-state index in [1.54, 1.807) is 0 Å². The van der Waals surface area contributed by atoms with Crippen LogP contribution in [0.3, 0.4) is 0 Å². The Hall–Kier alpha value is -0.480. The van der Waals surface area contributed by atoms with Gasteiger partial charge in [0.05, 0.1) is 0 Å². The van der Waals surface area contributed by atoms with Gasteiger partial charge in [-0.05, 0) is 31.2 Å². The van der Waals surface area contributed by atoms with Gasteiger partial charge in [-0.25, -0.2) is 0 Å². The molecule has 1 N–H and O–H groups in total. The van der Waals surface area contributed by atoms with Gasteiger partial charge in [-0.2, -0.15) is 0 Å². The van der Waals surface area contributed by atoms with E-state index in [9.17, 15) is 0 Å². The van der Waals surface area contributed by atoms with E-state index in [0.29, 0.717) is 11.5 Å². The van der Waals surface area contributed by atoms with Gasteiger partial charge in [0, 0.05) is 12.5 Å². The van der Waals surface area contributed by atoms with Crippen LogP contribution in [0.5, 0.6) is 0 Å². The highest BCUT2D eigenvalue weighted by atomic mass is 14.9. The molecular weight excluding hydrogens is 182 g/mol. The lowest BCUT2D eigenvalue weighted by molar-refractivity contribution is 0.224. The van der Waals surface area contributed by atoms with Crippen molar-refractivity contribution in [2.75, 3.05) is 6.54 Å². The maximum Gasteiger partial charge on any atom is 0.0243 e. The van der Waals surface area contributed by atoms with Gasteiger partial charge in [0.25, 0.3) is 0 Å². The zero-order valence-corrected chi connectivity index (χ0v) is 11.3. The average molecular weight is 209 g/mol. The Bertz CT molecular complexity index is 214. The molecule has 0 aromatic heterocycles. The lowest BCUT2D eigenvalue weighted by atomic mass is 9.78. The van der Waals surface area contributed by atoms with Crippen LogP contribution in [0.2, 0.25) is 0 Å². The summed E-state index contributed by atoms with van der Waals surface area (Å²) in [5.41, 5.74) is 0.396. The molecule has 88 valence electrons. The number of nitrogens with one attached hydrogen (secondary N) is 1. The average Bonchev–Trinajstić information content (AvgIpc) is 2.13. The Morgan fingerprint density at radius 3 is 2.27 bits per heavy atom. The Morgan fingerprint density at radius 1 is 1.27 bits per heavy atom.